The monoisotopic (exact) mass is 257 g/mol. The highest BCUT2D eigenvalue weighted by Gasteiger charge is 2.08. The number of nitrogens with two attached hydrogens (primary N) is 4. The second kappa shape index (κ2) is 4.77. The molecule has 2 aromatic carbocycles. The van der Waals surface area contributed by atoms with Crippen LogP contribution in [0.2, 0.25) is 0 Å². The minimum atomic E-state index is -0.295. The van der Waals surface area contributed by atoms with Crippen molar-refractivity contribution in [1.82, 2.24) is 0 Å². The average molecular weight is 257 g/mol. The number of carbonyl (C=O) groups is 1. The van der Waals surface area contributed by atoms with Crippen molar-refractivity contribution >= 4 is 34.3 Å². The molecule has 0 unspecified atom stereocenters. The number of hydrogen-bond donors (Lipinski definition) is 5. The van der Waals surface area contributed by atoms with Crippen molar-refractivity contribution in [2.45, 2.75) is 0 Å². The number of carbonyl (C=O) groups excluding carboxylic acids is 1. The van der Waals surface area contributed by atoms with Crippen molar-refractivity contribution in [1.29, 1.82) is 0 Å². The molecular weight excluding hydrogens is 242 g/mol. The maximum absolute atomic E-state index is 12.0. The molecule has 0 radical (unpaired) electrons. The molecular formula is C13H15N5O. The minimum Gasteiger partial charge on any atom is -0.397 e. The Bertz CT molecular complexity index is 639. The first-order valence-corrected chi connectivity index (χ1v) is 5.58. The van der Waals surface area contributed by atoms with E-state index >= 15 is 0 Å². The fraction of sp³-hybridized carbons (Fsp3) is 0. The fourth-order valence-corrected chi connectivity index (χ4v) is 1.57. The van der Waals surface area contributed by atoms with E-state index in [4.69, 9.17) is 22.9 Å². The Morgan fingerprint density at radius 2 is 1.37 bits per heavy atom. The lowest BCUT2D eigenvalue weighted by Gasteiger charge is -2.08. The molecule has 0 spiro atoms. The normalized spacial score (nSPS) is 10.1. The number of anilines is 5. The molecule has 6 heteroatoms. The summed E-state index contributed by atoms with van der Waals surface area (Å²) in [5.74, 6) is -0.295. The molecule has 0 heterocycles. The zero-order valence-electron chi connectivity index (χ0n) is 10.2. The number of rotatable bonds is 2. The van der Waals surface area contributed by atoms with Crippen LogP contribution in [0.15, 0.2) is 36.4 Å². The van der Waals surface area contributed by atoms with Gasteiger partial charge in [-0.3, -0.25) is 4.79 Å². The lowest BCUT2D eigenvalue weighted by atomic mass is 10.1. The molecule has 0 bridgehead atoms. The van der Waals surface area contributed by atoms with Crippen LogP contribution >= 0.6 is 0 Å². The van der Waals surface area contributed by atoms with Gasteiger partial charge in [-0.1, -0.05) is 0 Å². The zero-order valence-corrected chi connectivity index (χ0v) is 10.2. The Morgan fingerprint density at radius 3 is 1.95 bits per heavy atom. The van der Waals surface area contributed by atoms with Crippen LogP contribution < -0.4 is 28.3 Å². The summed E-state index contributed by atoms with van der Waals surface area (Å²) in [6.07, 6.45) is 0. The van der Waals surface area contributed by atoms with E-state index in [1.165, 1.54) is 6.07 Å². The highest BCUT2D eigenvalue weighted by atomic mass is 16.1. The Hall–Kier alpha value is -2.89. The van der Waals surface area contributed by atoms with E-state index in [1.54, 1.807) is 30.3 Å². The molecule has 0 fully saturated rings. The molecule has 9 N–H and O–H groups in total. The van der Waals surface area contributed by atoms with Crippen LogP contribution in [0, 0.1) is 0 Å². The Balaban J connectivity index is 2.20. The van der Waals surface area contributed by atoms with Crippen molar-refractivity contribution in [3.63, 3.8) is 0 Å². The minimum absolute atomic E-state index is 0.295. The highest BCUT2D eigenvalue weighted by molar-refractivity contribution is 6.05. The number of benzene rings is 2. The standard InChI is InChI=1S/C13H15N5O/c14-9-3-1-7(5-11(9)16)13(19)18-8-2-4-10(15)12(17)6-8/h1-6H,14-17H2,(H,18,19). The third-order valence-electron chi connectivity index (χ3n) is 2.69. The van der Waals surface area contributed by atoms with Crippen molar-refractivity contribution in [3.05, 3.63) is 42.0 Å². The van der Waals surface area contributed by atoms with E-state index in [9.17, 15) is 4.79 Å². The van der Waals surface area contributed by atoms with Crippen molar-refractivity contribution in [2.75, 3.05) is 28.3 Å². The first-order chi connectivity index (χ1) is 8.97. The summed E-state index contributed by atoms with van der Waals surface area (Å²) in [5, 5.41) is 2.70. The quantitative estimate of drug-likeness (QED) is 0.516. The maximum Gasteiger partial charge on any atom is 0.255 e. The van der Waals surface area contributed by atoms with Gasteiger partial charge >= 0.3 is 0 Å². The summed E-state index contributed by atoms with van der Waals surface area (Å²) in [6.45, 7) is 0. The van der Waals surface area contributed by atoms with Gasteiger partial charge in [-0.15, -0.1) is 0 Å². The van der Waals surface area contributed by atoms with Gasteiger partial charge in [0.25, 0.3) is 5.91 Å². The largest absolute Gasteiger partial charge is 0.397 e. The molecule has 98 valence electrons. The van der Waals surface area contributed by atoms with Gasteiger partial charge in [0.2, 0.25) is 0 Å². The van der Waals surface area contributed by atoms with Crippen LogP contribution in [-0.2, 0) is 0 Å². The first kappa shape index (κ1) is 12.6. The SMILES string of the molecule is Nc1ccc(NC(=O)c2ccc(N)c(N)c2)cc1N. The van der Waals surface area contributed by atoms with Gasteiger partial charge in [0.1, 0.15) is 0 Å². The summed E-state index contributed by atoms with van der Waals surface area (Å²) >= 11 is 0. The Kier molecular flexibility index (Phi) is 3.15. The maximum atomic E-state index is 12.0. The molecule has 6 nitrogen and oxygen atoms in total. The van der Waals surface area contributed by atoms with Gasteiger partial charge < -0.3 is 28.3 Å². The van der Waals surface area contributed by atoms with Crippen molar-refractivity contribution < 1.29 is 4.79 Å². The second-order valence-electron chi connectivity index (χ2n) is 4.14. The molecule has 0 aromatic heterocycles. The van der Waals surface area contributed by atoms with Crippen LogP contribution in [-0.4, -0.2) is 5.91 Å². The Morgan fingerprint density at radius 1 is 0.789 bits per heavy atom. The molecule has 0 aliphatic heterocycles. The molecule has 0 aliphatic carbocycles. The molecule has 0 atom stereocenters. The number of amides is 1. The van der Waals surface area contributed by atoms with Crippen LogP contribution in [0.3, 0.4) is 0 Å². The van der Waals surface area contributed by atoms with Gasteiger partial charge in [0.05, 0.1) is 22.7 Å². The molecule has 19 heavy (non-hydrogen) atoms. The van der Waals surface area contributed by atoms with Crippen LogP contribution in [0.5, 0.6) is 0 Å². The number of hydrogen-bond acceptors (Lipinski definition) is 5. The van der Waals surface area contributed by atoms with Crippen molar-refractivity contribution in [3.8, 4) is 0 Å². The van der Waals surface area contributed by atoms with E-state index in [-0.39, 0.29) is 5.91 Å². The van der Waals surface area contributed by atoms with Crippen molar-refractivity contribution in [2.24, 2.45) is 0 Å². The van der Waals surface area contributed by atoms with E-state index in [0.717, 1.165) is 0 Å². The summed E-state index contributed by atoms with van der Waals surface area (Å²) < 4.78 is 0. The van der Waals surface area contributed by atoms with Gasteiger partial charge in [-0.05, 0) is 36.4 Å². The van der Waals surface area contributed by atoms with Gasteiger partial charge in [0.15, 0.2) is 0 Å². The smallest absolute Gasteiger partial charge is 0.255 e. The summed E-state index contributed by atoms with van der Waals surface area (Å²) in [6, 6.07) is 9.59. The lowest BCUT2D eigenvalue weighted by Crippen LogP contribution is -2.13. The zero-order chi connectivity index (χ0) is 14.0. The summed E-state index contributed by atoms with van der Waals surface area (Å²) in [7, 11) is 0. The third-order valence-corrected chi connectivity index (χ3v) is 2.69. The van der Waals surface area contributed by atoms with Gasteiger partial charge in [-0.25, -0.2) is 0 Å². The second-order valence-corrected chi connectivity index (χ2v) is 4.14. The predicted molar refractivity (Wildman–Crippen MR) is 78.5 cm³/mol. The number of nitrogen functional groups attached to an aromatic ring is 4. The average Bonchev–Trinajstić information content (AvgIpc) is 2.37. The topological polar surface area (TPSA) is 133 Å². The van der Waals surface area contributed by atoms with Gasteiger partial charge in [-0.2, -0.15) is 0 Å². The van der Waals surface area contributed by atoms with E-state index in [2.05, 4.69) is 5.32 Å². The number of nitrogens with one attached hydrogen (secondary N) is 1. The highest BCUT2D eigenvalue weighted by Crippen LogP contribution is 2.21. The van der Waals surface area contributed by atoms with E-state index in [0.29, 0.717) is 34.0 Å². The molecule has 2 aromatic rings. The predicted octanol–water partition coefficient (Wildman–Crippen LogP) is 1.27. The van der Waals surface area contributed by atoms with Crippen LogP contribution in [0.25, 0.3) is 0 Å². The first-order valence-electron chi connectivity index (χ1n) is 5.58. The van der Waals surface area contributed by atoms with Crippen LogP contribution in [0.4, 0.5) is 28.4 Å². The molecule has 0 aliphatic rings. The van der Waals surface area contributed by atoms with E-state index < -0.39 is 0 Å². The summed E-state index contributed by atoms with van der Waals surface area (Å²) in [4.78, 5) is 12.0. The lowest BCUT2D eigenvalue weighted by molar-refractivity contribution is 0.102. The molecule has 2 rings (SSSR count). The molecule has 1 amide bonds. The summed E-state index contributed by atoms with van der Waals surface area (Å²) in [5.41, 5.74) is 25.2. The van der Waals surface area contributed by atoms with E-state index in [1.807, 2.05) is 0 Å². The Labute approximate surface area is 110 Å². The molecule has 0 saturated carbocycles. The third kappa shape index (κ3) is 2.68. The van der Waals surface area contributed by atoms with Gasteiger partial charge in [0, 0.05) is 11.3 Å². The molecule has 0 saturated heterocycles. The van der Waals surface area contributed by atoms with Crippen LogP contribution in [0.1, 0.15) is 10.4 Å². The fourth-order valence-electron chi connectivity index (χ4n) is 1.57.